The van der Waals surface area contributed by atoms with Crippen LogP contribution in [0.5, 0.6) is 5.75 Å². The summed E-state index contributed by atoms with van der Waals surface area (Å²) in [6, 6.07) is 6.55. The van der Waals surface area contributed by atoms with Crippen molar-refractivity contribution in [3.63, 3.8) is 0 Å². The molecule has 0 atom stereocenters. The van der Waals surface area contributed by atoms with E-state index >= 15 is 0 Å². The summed E-state index contributed by atoms with van der Waals surface area (Å²) >= 11 is 0. The number of aromatic nitrogens is 2. The second kappa shape index (κ2) is 7.57. The first-order chi connectivity index (χ1) is 11.2. The van der Waals surface area contributed by atoms with Gasteiger partial charge in [-0.2, -0.15) is 5.10 Å². The molecular weight excluding hydrogens is 295 g/mol. The summed E-state index contributed by atoms with van der Waals surface area (Å²) in [6.45, 7) is 6.40. The van der Waals surface area contributed by atoms with Crippen molar-refractivity contribution in [2.24, 2.45) is 7.05 Å². The minimum atomic E-state index is -0.297. The van der Waals surface area contributed by atoms with E-state index < -0.39 is 0 Å². The topological polar surface area (TPSA) is 33.5 Å². The van der Waals surface area contributed by atoms with Gasteiger partial charge in [0.15, 0.2) is 11.6 Å². The van der Waals surface area contributed by atoms with Crippen LogP contribution < -0.4 is 4.74 Å². The lowest BCUT2D eigenvalue weighted by molar-refractivity contribution is 0.112. The van der Waals surface area contributed by atoms with E-state index in [-0.39, 0.29) is 5.82 Å². The summed E-state index contributed by atoms with van der Waals surface area (Å²) in [5, 5.41) is 4.21. The molecule has 2 aromatic rings. The van der Waals surface area contributed by atoms with Crippen molar-refractivity contribution in [2.45, 2.75) is 6.54 Å². The Hall–Kier alpha value is -1.92. The molecule has 0 N–H and O–H groups in total. The number of hydrogen-bond donors (Lipinski definition) is 0. The molecule has 124 valence electrons. The molecule has 6 heteroatoms. The van der Waals surface area contributed by atoms with Crippen LogP contribution in [0.1, 0.15) is 5.56 Å². The second-order valence-corrected chi connectivity index (χ2v) is 5.92. The number of nitrogens with zero attached hydrogens (tertiary/aromatic N) is 4. The number of rotatable bonds is 6. The fourth-order valence-electron chi connectivity index (χ4n) is 2.83. The number of halogens is 1. The van der Waals surface area contributed by atoms with Crippen molar-refractivity contribution in [1.29, 1.82) is 0 Å². The molecule has 1 saturated heterocycles. The summed E-state index contributed by atoms with van der Waals surface area (Å²) < 4.78 is 20.8. The molecule has 0 bridgehead atoms. The van der Waals surface area contributed by atoms with E-state index in [2.05, 4.69) is 21.1 Å². The summed E-state index contributed by atoms with van der Waals surface area (Å²) in [5.74, 6) is 0.0384. The van der Waals surface area contributed by atoms with E-state index in [4.69, 9.17) is 4.74 Å². The number of para-hydroxylation sites is 1. The van der Waals surface area contributed by atoms with Crippen LogP contribution in [-0.4, -0.2) is 58.9 Å². The normalized spacial score (nSPS) is 16.6. The first-order valence-electron chi connectivity index (χ1n) is 8.00. The molecule has 1 aliphatic heterocycles. The van der Waals surface area contributed by atoms with Gasteiger partial charge in [0, 0.05) is 58.1 Å². The highest BCUT2D eigenvalue weighted by Crippen LogP contribution is 2.15. The fourth-order valence-corrected chi connectivity index (χ4v) is 2.83. The molecule has 3 rings (SSSR count). The lowest BCUT2D eigenvalue weighted by Crippen LogP contribution is -2.47. The van der Waals surface area contributed by atoms with Gasteiger partial charge in [-0.15, -0.1) is 0 Å². The summed E-state index contributed by atoms with van der Waals surface area (Å²) in [6.07, 6.45) is 3.99. The molecule has 0 aliphatic carbocycles. The fraction of sp³-hybridized carbons (Fsp3) is 0.471. The molecule has 0 saturated carbocycles. The Balaban J connectivity index is 1.37. The van der Waals surface area contributed by atoms with Gasteiger partial charge in [-0.1, -0.05) is 12.1 Å². The zero-order valence-corrected chi connectivity index (χ0v) is 13.5. The van der Waals surface area contributed by atoms with Gasteiger partial charge in [-0.25, -0.2) is 4.39 Å². The summed E-state index contributed by atoms with van der Waals surface area (Å²) in [5.41, 5.74) is 1.25. The summed E-state index contributed by atoms with van der Waals surface area (Å²) in [4.78, 5) is 4.80. The van der Waals surface area contributed by atoms with Crippen molar-refractivity contribution >= 4 is 0 Å². The molecule has 0 radical (unpaired) electrons. The van der Waals surface area contributed by atoms with Gasteiger partial charge in [0.25, 0.3) is 0 Å². The van der Waals surface area contributed by atoms with Crippen molar-refractivity contribution in [1.82, 2.24) is 19.6 Å². The van der Waals surface area contributed by atoms with Crippen LogP contribution in [0.3, 0.4) is 0 Å². The van der Waals surface area contributed by atoms with Crippen molar-refractivity contribution < 1.29 is 9.13 Å². The van der Waals surface area contributed by atoms with Crippen LogP contribution in [0.15, 0.2) is 36.7 Å². The Bertz CT molecular complexity index is 623. The van der Waals surface area contributed by atoms with Crippen LogP contribution in [0.25, 0.3) is 0 Å². The van der Waals surface area contributed by atoms with Crippen molar-refractivity contribution in [2.75, 3.05) is 39.3 Å². The predicted molar refractivity (Wildman–Crippen MR) is 86.8 cm³/mol. The van der Waals surface area contributed by atoms with E-state index in [0.29, 0.717) is 12.4 Å². The lowest BCUT2D eigenvalue weighted by Gasteiger charge is -2.34. The number of piperazine rings is 1. The molecule has 1 fully saturated rings. The maximum atomic E-state index is 13.5. The van der Waals surface area contributed by atoms with E-state index in [1.165, 1.54) is 11.6 Å². The van der Waals surface area contributed by atoms with Crippen molar-refractivity contribution in [3.05, 3.63) is 48.0 Å². The average Bonchev–Trinajstić information content (AvgIpc) is 2.96. The van der Waals surface area contributed by atoms with Gasteiger partial charge in [0.1, 0.15) is 6.61 Å². The van der Waals surface area contributed by atoms with E-state index in [1.54, 1.807) is 18.2 Å². The molecule has 0 spiro atoms. The summed E-state index contributed by atoms with van der Waals surface area (Å²) in [7, 11) is 1.94. The standard InChI is InChI=1S/C17H23FN4O/c1-20-13-15(12-19-20)14-22-8-6-21(7-9-22)10-11-23-17-5-3-2-4-16(17)18/h2-5,12-13H,6-11,14H2,1H3. The maximum absolute atomic E-state index is 13.5. The molecule has 23 heavy (non-hydrogen) atoms. The zero-order chi connectivity index (χ0) is 16.1. The van der Waals surface area contributed by atoms with Gasteiger partial charge in [0.05, 0.1) is 6.20 Å². The molecule has 5 nitrogen and oxygen atoms in total. The minimum Gasteiger partial charge on any atom is -0.489 e. The monoisotopic (exact) mass is 318 g/mol. The molecule has 0 amide bonds. The third-order valence-electron chi connectivity index (χ3n) is 4.13. The minimum absolute atomic E-state index is 0.297. The number of hydrogen-bond acceptors (Lipinski definition) is 4. The third-order valence-corrected chi connectivity index (χ3v) is 4.13. The Morgan fingerprint density at radius 2 is 1.87 bits per heavy atom. The van der Waals surface area contributed by atoms with Gasteiger partial charge >= 0.3 is 0 Å². The zero-order valence-electron chi connectivity index (χ0n) is 13.5. The lowest BCUT2D eigenvalue weighted by atomic mass is 10.2. The highest BCUT2D eigenvalue weighted by molar-refractivity contribution is 5.23. The smallest absolute Gasteiger partial charge is 0.165 e. The Kier molecular flexibility index (Phi) is 5.25. The van der Waals surface area contributed by atoms with Gasteiger partial charge in [0.2, 0.25) is 0 Å². The van der Waals surface area contributed by atoms with Gasteiger partial charge in [-0.3, -0.25) is 14.5 Å². The van der Waals surface area contributed by atoms with Crippen LogP contribution in [0.2, 0.25) is 0 Å². The average molecular weight is 318 g/mol. The van der Waals surface area contributed by atoms with Crippen LogP contribution >= 0.6 is 0 Å². The number of aryl methyl sites for hydroxylation is 1. The molecule has 0 unspecified atom stereocenters. The third kappa shape index (κ3) is 4.53. The van der Waals surface area contributed by atoms with Gasteiger partial charge in [-0.05, 0) is 12.1 Å². The van der Waals surface area contributed by atoms with E-state index in [1.807, 2.05) is 17.9 Å². The largest absolute Gasteiger partial charge is 0.489 e. The highest BCUT2D eigenvalue weighted by atomic mass is 19.1. The molecule has 2 heterocycles. The number of benzene rings is 1. The molecule has 1 aromatic heterocycles. The second-order valence-electron chi connectivity index (χ2n) is 5.92. The molecule has 1 aromatic carbocycles. The van der Waals surface area contributed by atoms with Crippen molar-refractivity contribution in [3.8, 4) is 5.75 Å². The maximum Gasteiger partial charge on any atom is 0.165 e. The first-order valence-corrected chi connectivity index (χ1v) is 8.00. The van der Waals surface area contributed by atoms with E-state index in [9.17, 15) is 4.39 Å². The molecule has 1 aliphatic rings. The van der Waals surface area contributed by atoms with Crippen LogP contribution in [0, 0.1) is 5.82 Å². The van der Waals surface area contributed by atoms with Crippen LogP contribution in [-0.2, 0) is 13.6 Å². The van der Waals surface area contributed by atoms with Crippen LogP contribution in [0.4, 0.5) is 4.39 Å². The Morgan fingerprint density at radius 3 is 2.57 bits per heavy atom. The number of ether oxygens (including phenoxy) is 1. The SMILES string of the molecule is Cn1cc(CN2CCN(CCOc3ccccc3F)CC2)cn1. The quantitative estimate of drug-likeness (QED) is 0.813. The predicted octanol–water partition coefficient (Wildman–Crippen LogP) is 1.76. The Morgan fingerprint density at radius 1 is 1.13 bits per heavy atom. The first kappa shape index (κ1) is 16.0. The Labute approximate surface area is 136 Å². The molecular formula is C17H23FN4O. The van der Waals surface area contributed by atoms with E-state index in [0.717, 1.165) is 39.3 Å². The highest BCUT2D eigenvalue weighted by Gasteiger charge is 2.17. The van der Waals surface area contributed by atoms with Gasteiger partial charge < -0.3 is 4.74 Å².